The van der Waals surface area contributed by atoms with Crippen LogP contribution < -0.4 is 9.47 Å². The molecule has 30 heavy (non-hydrogen) atoms. The third-order valence-electron chi connectivity index (χ3n) is 5.87. The minimum absolute atomic E-state index is 0.0158. The highest BCUT2D eigenvalue weighted by Gasteiger charge is 2.32. The molecule has 0 bridgehead atoms. The molecule has 5 nitrogen and oxygen atoms in total. The minimum atomic E-state index is -0.331. The maximum absolute atomic E-state index is 13.5. The fourth-order valence-corrected chi connectivity index (χ4v) is 4.35. The van der Waals surface area contributed by atoms with Crippen molar-refractivity contribution in [2.24, 2.45) is 0 Å². The standard InChI is InChI=1S/C24H23FN2O3/c1-15-19(12-16-5-7-18(25)14-20(16)26-15)24(28)27-9-2-4-21(27)17-6-8-22-23(13-17)30-11-3-10-29-22/h5-8,12-14,21H,2-4,9-11H2,1H3. The van der Waals surface area contributed by atoms with Crippen LogP contribution >= 0.6 is 0 Å². The number of pyridine rings is 1. The predicted molar refractivity (Wildman–Crippen MR) is 111 cm³/mol. The number of carbonyl (C=O) groups is 1. The number of nitrogens with zero attached hydrogens (tertiary/aromatic N) is 2. The van der Waals surface area contributed by atoms with Crippen LogP contribution in [0.15, 0.2) is 42.5 Å². The van der Waals surface area contributed by atoms with Gasteiger partial charge in [0.05, 0.1) is 36.0 Å². The molecule has 2 aromatic carbocycles. The summed E-state index contributed by atoms with van der Waals surface area (Å²) in [5.41, 5.74) is 2.79. The van der Waals surface area contributed by atoms with E-state index in [1.54, 1.807) is 13.0 Å². The number of halogens is 1. The maximum atomic E-state index is 13.5. The van der Waals surface area contributed by atoms with Gasteiger partial charge in [-0.05, 0) is 55.7 Å². The molecule has 3 aromatic rings. The van der Waals surface area contributed by atoms with Crippen LogP contribution in [0.25, 0.3) is 10.9 Å². The van der Waals surface area contributed by atoms with Crippen molar-refractivity contribution in [1.29, 1.82) is 0 Å². The molecule has 6 heteroatoms. The lowest BCUT2D eigenvalue weighted by Gasteiger charge is -2.26. The molecule has 2 aliphatic rings. The van der Waals surface area contributed by atoms with Crippen LogP contribution in [0.2, 0.25) is 0 Å². The largest absolute Gasteiger partial charge is 0.490 e. The Balaban J connectivity index is 1.47. The molecule has 0 spiro atoms. The smallest absolute Gasteiger partial charge is 0.256 e. The van der Waals surface area contributed by atoms with E-state index in [1.807, 2.05) is 29.2 Å². The lowest BCUT2D eigenvalue weighted by atomic mass is 10.0. The summed E-state index contributed by atoms with van der Waals surface area (Å²) >= 11 is 0. The van der Waals surface area contributed by atoms with Crippen LogP contribution in [0.1, 0.15) is 46.9 Å². The fraction of sp³-hybridized carbons (Fsp3) is 0.333. The number of aromatic nitrogens is 1. The SMILES string of the molecule is Cc1nc2cc(F)ccc2cc1C(=O)N1CCCC1c1ccc2c(c1)OCCCO2. The van der Waals surface area contributed by atoms with Gasteiger partial charge in [-0.2, -0.15) is 0 Å². The van der Waals surface area contributed by atoms with E-state index < -0.39 is 0 Å². The number of carbonyl (C=O) groups excluding carboxylic acids is 1. The summed E-state index contributed by atoms with van der Waals surface area (Å²) in [4.78, 5) is 19.8. The van der Waals surface area contributed by atoms with Crippen molar-refractivity contribution in [2.45, 2.75) is 32.2 Å². The lowest BCUT2D eigenvalue weighted by Crippen LogP contribution is -2.31. The highest BCUT2D eigenvalue weighted by molar-refractivity contribution is 5.99. The summed E-state index contributed by atoms with van der Waals surface area (Å²) in [7, 11) is 0. The summed E-state index contributed by atoms with van der Waals surface area (Å²) in [6.07, 6.45) is 2.70. The van der Waals surface area contributed by atoms with Gasteiger partial charge in [-0.1, -0.05) is 6.07 Å². The first-order chi connectivity index (χ1) is 14.6. The Bertz CT molecular complexity index is 1130. The number of ether oxygens (including phenoxy) is 2. The second-order valence-corrected chi connectivity index (χ2v) is 7.87. The molecule has 1 unspecified atom stereocenters. The maximum Gasteiger partial charge on any atom is 0.256 e. The zero-order valence-corrected chi connectivity index (χ0v) is 16.9. The number of benzene rings is 2. The molecule has 0 N–H and O–H groups in total. The number of fused-ring (bicyclic) bond motifs is 2. The molecule has 5 rings (SSSR count). The van der Waals surface area contributed by atoms with Crippen molar-refractivity contribution in [3.8, 4) is 11.5 Å². The number of amides is 1. The molecule has 2 aliphatic heterocycles. The van der Waals surface area contributed by atoms with Gasteiger partial charge in [-0.15, -0.1) is 0 Å². The molecule has 1 saturated heterocycles. The van der Waals surface area contributed by atoms with E-state index in [2.05, 4.69) is 4.98 Å². The van der Waals surface area contributed by atoms with Crippen LogP contribution in [0.5, 0.6) is 11.5 Å². The Hall–Kier alpha value is -3.15. The molecule has 1 atom stereocenters. The quantitative estimate of drug-likeness (QED) is 0.612. The Morgan fingerprint density at radius 3 is 2.77 bits per heavy atom. The second kappa shape index (κ2) is 7.59. The van der Waals surface area contributed by atoms with Gasteiger partial charge < -0.3 is 14.4 Å². The molecule has 1 aromatic heterocycles. The monoisotopic (exact) mass is 406 g/mol. The van der Waals surface area contributed by atoms with E-state index in [9.17, 15) is 9.18 Å². The van der Waals surface area contributed by atoms with Crippen LogP contribution in [0, 0.1) is 12.7 Å². The molecule has 0 saturated carbocycles. The van der Waals surface area contributed by atoms with Gasteiger partial charge in [0.15, 0.2) is 11.5 Å². The average Bonchev–Trinajstić information content (AvgIpc) is 3.11. The topological polar surface area (TPSA) is 51.7 Å². The number of aryl methyl sites for hydroxylation is 1. The van der Waals surface area contributed by atoms with Crippen LogP contribution in [0.4, 0.5) is 4.39 Å². The van der Waals surface area contributed by atoms with Gasteiger partial charge >= 0.3 is 0 Å². The second-order valence-electron chi connectivity index (χ2n) is 7.87. The van der Waals surface area contributed by atoms with E-state index in [0.29, 0.717) is 36.5 Å². The van der Waals surface area contributed by atoms with Crippen LogP contribution in [0.3, 0.4) is 0 Å². The number of hydrogen-bond donors (Lipinski definition) is 0. The number of hydrogen-bond acceptors (Lipinski definition) is 4. The van der Waals surface area contributed by atoms with Crippen LogP contribution in [-0.4, -0.2) is 35.5 Å². The van der Waals surface area contributed by atoms with Crippen molar-refractivity contribution in [1.82, 2.24) is 9.88 Å². The van der Waals surface area contributed by atoms with Crippen molar-refractivity contribution >= 4 is 16.8 Å². The van der Waals surface area contributed by atoms with E-state index in [1.165, 1.54) is 12.1 Å². The van der Waals surface area contributed by atoms with E-state index in [-0.39, 0.29) is 17.8 Å². The van der Waals surface area contributed by atoms with Gasteiger partial charge in [0, 0.05) is 24.4 Å². The summed E-state index contributed by atoms with van der Waals surface area (Å²) < 4.78 is 25.1. The summed E-state index contributed by atoms with van der Waals surface area (Å²) in [6, 6.07) is 12.2. The third kappa shape index (κ3) is 3.36. The summed E-state index contributed by atoms with van der Waals surface area (Å²) in [5, 5.41) is 0.761. The average molecular weight is 406 g/mol. The van der Waals surface area contributed by atoms with Gasteiger partial charge in [0.25, 0.3) is 5.91 Å². The Labute approximate surface area is 174 Å². The molecule has 1 amide bonds. The number of likely N-dealkylation sites (tertiary alicyclic amines) is 1. The van der Waals surface area contributed by atoms with Crippen molar-refractivity contribution in [3.05, 3.63) is 65.1 Å². The minimum Gasteiger partial charge on any atom is -0.490 e. The van der Waals surface area contributed by atoms with E-state index in [4.69, 9.17) is 9.47 Å². The third-order valence-corrected chi connectivity index (χ3v) is 5.87. The Morgan fingerprint density at radius 2 is 1.90 bits per heavy atom. The van der Waals surface area contributed by atoms with Crippen molar-refractivity contribution in [2.75, 3.05) is 19.8 Å². The predicted octanol–water partition coefficient (Wildman–Crippen LogP) is 4.82. The molecule has 154 valence electrons. The van der Waals surface area contributed by atoms with Crippen molar-refractivity contribution in [3.63, 3.8) is 0 Å². The zero-order valence-electron chi connectivity index (χ0n) is 16.9. The molecule has 0 aliphatic carbocycles. The Kier molecular flexibility index (Phi) is 4.77. The first-order valence-corrected chi connectivity index (χ1v) is 10.4. The normalized spacial score (nSPS) is 18.5. The highest BCUT2D eigenvalue weighted by atomic mass is 19.1. The van der Waals surface area contributed by atoms with E-state index >= 15 is 0 Å². The summed E-state index contributed by atoms with van der Waals surface area (Å²) in [6.45, 7) is 3.78. The van der Waals surface area contributed by atoms with Gasteiger partial charge in [-0.25, -0.2) is 4.39 Å². The molecule has 3 heterocycles. The van der Waals surface area contributed by atoms with Crippen molar-refractivity contribution < 1.29 is 18.7 Å². The summed E-state index contributed by atoms with van der Waals surface area (Å²) in [5.74, 6) is 1.13. The van der Waals surface area contributed by atoms with Gasteiger partial charge in [0.1, 0.15) is 5.82 Å². The van der Waals surface area contributed by atoms with Gasteiger partial charge in [-0.3, -0.25) is 9.78 Å². The fourth-order valence-electron chi connectivity index (χ4n) is 4.35. The first-order valence-electron chi connectivity index (χ1n) is 10.4. The first kappa shape index (κ1) is 18.9. The molecular weight excluding hydrogens is 383 g/mol. The molecule has 1 fully saturated rings. The van der Waals surface area contributed by atoms with Gasteiger partial charge in [0.2, 0.25) is 0 Å². The molecule has 0 radical (unpaired) electrons. The van der Waals surface area contributed by atoms with E-state index in [0.717, 1.165) is 41.7 Å². The van der Waals surface area contributed by atoms with Crippen LogP contribution in [-0.2, 0) is 0 Å². The molecular formula is C24H23FN2O3. The highest BCUT2D eigenvalue weighted by Crippen LogP contribution is 2.38. The number of rotatable bonds is 2. The Morgan fingerprint density at radius 1 is 1.07 bits per heavy atom. The zero-order chi connectivity index (χ0) is 20.7. The lowest BCUT2D eigenvalue weighted by molar-refractivity contribution is 0.0734.